The highest BCUT2D eigenvalue weighted by Gasteiger charge is 2.28. The van der Waals surface area contributed by atoms with Crippen LogP contribution < -0.4 is 10.6 Å². The number of carbonyl (C=O) groups excluding carboxylic acids is 1. The summed E-state index contributed by atoms with van der Waals surface area (Å²) in [5.74, 6) is -0.0933. The highest BCUT2D eigenvalue weighted by molar-refractivity contribution is 6.37. The van der Waals surface area contributed by atoms with E-state index in [2.05, 4.69) is 49.8 Å². The molecule has 0 saturated carbocycles. The van der Waals surface area contributed by atoms with Gasteiger partial charge in [0.05, 0.1) is 23.3 Å². The van der Waals surface area contributed by atoms with E-state index in [4.69, 9.17) is 0 Å². The smallest absolute Gasteiger partial charge is 0.258 e. The lowest BCUT2D eigenvalue weighted by Crippen LogP contribution is -2.29. The zero-order valence-corrected chi connectivity index (χ0v) is 20.1. The van der Waals surface area contributed by atoms with Crippen LogP contribution >= 0.6 is 0 Å². The standard InChI is InChI=1S/C30H29N5O/c36-30-28(25-6-2-3-7-26(25)34-30)29(33-24-14-12-22(13-15-24)27-18-31-20-32-27)23-10-8-21(9-11-23)19-35-16-4-1-5-17-35/h2-3,6-15,18,20,33H,1,4-5,16-17,19H2,(H,31,32)(H,34,36). The summed E-state index contributed by atoms with van der Waals surface area (Å²) in [5.41, 5.74) is 8.32. The van der Waals surface area contributed by atoms with Crippen molar-refractivity contribution in [2.75, 3.05) is 23.7 Å². The molecule has 0 aliphatic carbocycles. The fourth-order valence-corrected chi connectivity index (χ4v) is 5.08. The molecular formula is C30H29N5O. The fourth-order valence-electron chi connectivity index (χ4n) is 5.08. The van der Waals surface area contributed by atoms with Crippen LogP contribution in [-0.4, -0.2) is 33.9 Å². The number of carbonyl (C=O) groups is 1. The molecule has 0 spiro atoms. The summed E-state index contributed by atoms with van der Waals surface area (Å²) in [6.45, 7) is 3.31. The first-order valence-electron chi connectivity index (χ1n) is 12.6. The van der Waals surface area contributed by atoms with Crippen LogP contribution in [0.15, 0.2) is 85.3 Å². The number of para-hydroxylation sites is 1. The Bertz CT molecular complexity index is 1380. The van der Waals surface area contributed by atoms with Gasteiger partial charge < -0.3 is 15.6 Å². The van der Waals surface area contributed by atoms with Crippen molar-refractivity contribution < 1.29 is 4.79 Å². The number of nitrogens with one attached hydrogen (secondary N) is 3. The van der Waals surface area contributed by atoms with Crippen molar-refractivity contribution in [3.05, 3.63) is 102 Å². The number of anilines is 2. The van der Waals surface area contributed by atoms with E-state index in [9.17, 15) is 4.79 Å². The van der Waals surface area contributed by atoms with E-state index in [1.165, 1.54) is 37.9 Å². The molecule has 180 valence electrons. The molecule has 0 radical (unpaired) electrons. The van der Waals surface area contributed by atoms with E-state index < -0.39 is 0 Å². The summed E-state index contributed by atoms with van der Waals surface area (Å²) in [6, 6.07) is 24.6. The van der Waals surface area contributed by atoms with Gasteiger partial charge >= 0.3 is 0 Å². The van der Waals surface area contributed by atoms with Gasteiger partial charge in [0.1, 0.15) is 0 Å². The third kappa shape index (κ3) is 4.55. The predicted molar refractivity (Wildman–Crippen MR) is 145 cm³/mol. The van der Waals surface area contributed by atoms with Gasteiger partial charge in [0.15, 0.2) is 0 Å². The van der Waals surface area contributed by atoms with Crippen molar-refractivity contribution in [3.8, 4) is 11.3 Å². The molecule has 1 amide bonds. The van der Waals surface area contributed by atoms with E-state index in [1.54, 1.807) is 6.33 Å². The van der Waals surface area contributed by atoms with Gasteiger partial charge in [-0.1, -0.05) is 61.0 Å². The summed E-state index contributed by atoms with van der Waals surface area (Å²) < 4.78 is 0. The molecule has 6 rings (SSSR count). The molecule has 0 unspecified atom stereocenters. The minimum Gasteiger partial charge on any atom is -0.354 e. The third-order valence-electron chi connectivity index (χ3n) is 6.97. The van der Waals surface area contributed by atoms with Gasteiger partial charge in [-0.15, -0.1) is 0 Å². The van der Waals surface area contributed by atoms with Crippen LogP contribution in [-0.2, 0) is 11.3 Å². The van der Waals surface area contributed by atoms with Gasteiger partial charge in [0, 0.05) is 35.2 Å². The van der Waals surface area contributed by atoms with Crippen LogP contribution in [0.25, 0.3) is 22.5 Å². The summed E-state index contributed by atoms with van der Waals surface area (Å²) in [4.78, 5) is 23.0. The number of amides is 1. The van der Waals surface area contributed by atoms with Crippen molar-refractivity contribution in [1.29, 1.82) is 0 Å². The second-order valence-corrected chi connectivity index (χ2v) is 9.44. The van der Waals surface area contributed by atoms with Crippen molar-refractivity contribution in [1.82, 2.24) is 14.9 Å². The third-order valence-corrected chi connectivity index (χ3v) is 6.97. The minimum atomic E-state index is -0.0933. The number of aromatic nitrogens is 2. The Balaban J connectivity index is 1.34. The summed E-state index contributed by atoms with van der Waals surface area (Å²) in [6.07, 6.45) is 7.46. The molecule has 6 heteroatoms. The number of benzene rings is 3. The number of imidazole rings is 1. The lowest BCUT2D eigenvalue weighted by Gasteiger charge is -2.26. The van der Waals surface area contributed by atoms with Crippen molar-refractivity contribution in [2.24, 2.45) is 0 Å². The van der Waals surface area contributed by atoms with Crippen molar-refractivity contribution in [2.45, 2.75) is 25.8 Å². The first-order chi connectivity index (χ1) is 17.7. The molecule has 36 heavy (non-hydrogen) atoms. The summed E-state index contributed by atoms with van der Waals surface area (Å²) in [5, 5.41) is 6.58. The van der Waals surface area contributed by atoms with Gasteiger partial charge in [-0.2, -0.15) is 0 Å². The molecular weight excluding hydrogens is 446 g/mol. The van der Waals surface area contributed by atoms with E-state index in [0.717, 1.165) is 46.0 Å². The molecule has 3 N–H and O–H groups in total. The Kier molecular flexibility index (Phi) is 6.10. The molecule has 1 saturated heterocycles. The van der Waals surface area contributed by atoms with Crippen LogP contribution in [0, 0.1) is 0 Å². The van der Waals surface area contributed by atoms with Crippen LogP contribution in [0.2, 0.25) is 0 Å². The van der Waals surface area contributed by atoms with E-state index in [1.807, 2.05) is 54.7 Å². The van der Waals surface area contributed by atoms with E-state index >= 15 is 0 Å². The largest absolute Gasteiger partial charge is 0.354 e. The lowest BCUT2D eigenvalue weighted by atomic mass is 9.99. The molecule has 4 aromatic rings. The van der Waals surface area contributed by atoms with Gasteiger partial charge in [0.2, 0.25) is 0 Å². The molecule has 0 atom stereocenters. The summed E-state index contributed by atoms with van der Waals surface area (Å²) >= 11 is 0. The van der Waals surface area contributed by atoms with Gasteiger partial charge in [0.25, 0.3) is 5.91 Å². The average Bonchev–Trinajstić information content (AvgIpc) is 3.57. The molecule has 6 nitrogen and oxygen atoms in total. The number of aromatic amines is 1. The quantitative estimate of drug-likeness (QED) is 0.299. The molecule has 3 aromatic carbocycles. The number of likely N-dealkylation sites (tertiary alicyclic amines) is 1. The van der Waals surface area contributed by atoms with Crippen LogP contribution in [0.5, 0.6) is 0 Å². The maximum Gasteiger partial charge on any atom is 0.258 e. The van der Waals surface area contributed by atoms with Gasteiger partial charge in [-0.25, -0.2) is 4.98 Å². The number of rotatable bonds is 6. The highest BCUT2D eigenvalue weighted by Crippen LogP contribution is 2.37. The van der Waals surface area contributed by atoms with Crippen LogP contribution in [0.1, 0.15) is 36.0 Å². The minimum absolute atomic E-state index is 0.0933. The topological polar surface area (TPSA) is 73.0 Å². The van der Waals surface area contributed by atoms with Gasteiger partial charge in [-0.05, 0) is 55.3 Å². The number of nitrogens with zero attached hydrogens (tertiary/aromatic N) is 2. The SMILES string of the molecule is O=C1Nc2ccccc2C1=C(Nc1ccc(-c2c[nH]cn2)cc1)c1ccc(CN2CCCCC2)cc1. The van der Waals surface area contributed by atoms with Crippen molar-refractivity contribution >= 4 is 28.6 Å². The molecule has 1 fully saturated rings. The Hall–Kier alpha value is -4.16. The second kappa shape index (κ2) is 9.84. The fraction of sp³-hybridized carbons (Fsp3) is 0.200. The zero-order valence-electron chi connectivity index (χ0n) is 20.1. The number of fused-ring (bicyclic) bond motifs is 1. The molecule has 2 aliphatic heterocycles. The maximum atomic E-state index is 13.1. The predicted octanol–water partition coefficient (Wildman–Crippen LogP) is 6.00. The summed E-state index contributed by atoms with van der Waals surface area (Å²) in [7, 11) is 0. The number of H-pyrrole nitrogens is 1. The number of hydrogen-bond acceptors (Lipinski definition) is 4. The number of piperidine rings is 1. The van der Waals surface area contributed by atoms with Crippen LogP contribution in [0.4, 0.5) is 11.4 Å². The Morgan fingerprint density at radius 1 is 0.917 bits per heavy atom. The van der Waals surface area contributed by atoms with Crippen LogP contribution in [0.3, 0.4) is 0 Å². The second-order valence-electron chi connectivity index (χ2n) is 9.44. The molecule has 0 bridgehead atoms. The highest BCUT2D eigenvalue weighted by atomic mass is 16.2. The average molecular weight is 476 g/mol. The Morgan fingerprint density at radius 3 is 2.44 bits per heavy atom. The first kappa shape index (κ1) is 22.3. The normalized spacial score (nSPS) is 16.9. The van der Waals surface area contributed by atoms with Gasteiger partial charge in [-0.3, -0.25) is 9.69 Å². The number of hydrogen-bond donors (Lipinski definition) is 3. The zero-order chi connectivity index (χ0) is 24.3. The first-order valence-corrected chi connectivity index (χ1v) is 12.6. The van der Waals surface area contributed by atoms with Crippen molar-refractivity contribution in [3.63, 3.8) is 0 Å². The van der Waals surface area contributed by atoms with E-state index in [0.29, 0.717) is 5.57 Å². The Labute approximate surface area is 211 Å². The Morgan fingerprint density at radius 2 is 1.69 bits per heavy atom. The maximum absolute atomic E-state index is 13.1. The lowest BCUT2D eigenvalue weighted by molar-refractivity contribution is -0.110. The molecule has 2 aliphatic rings. The molecule has 3 heterocycles. The van der Waals surface area contributed by atoms with E-state index in [-0.39, 0.29) is 5.91 Å². The molecule has 1 aromatic heterocycles. The monoisotopic (exact) mass is 475 g/mol.